The van der Waals surface area contributed by atoms with Crippen LogP contribution < -0.4 is 5.32 Å². The summed E-state index contributed by atoms with van der Waals surface area (Å²) in [5.41, 5.74) is -1.94. The van der Waals surface area contributed by atoms with Crippen LogP contribution in [0.25, 0.3) is 0 Å². The fourth-order valence-corrected chi connectivity index (χ4v) is 2.14. The number of nitrogens with zero attached hydrogens (tertiary/aromatic N) is 2. The van der Waals surface area contributed by atoms with E-state index < -0.39 is 11.6 Å². The van der Waals surface area contributed by atoms with Crippen LogP contribution in [0.5, 0.6) is 0 Å². The Labute approximate surface area is 113 Å². The number of carbonyl (C=O) groups is 2. The molecule has 1 fully saturated rings. The van der Waals surface area contributed by atoms with Crippen molar-refractivity contribution in [2.45, 2.75) is 31.4 Å². The minimum absolute atomic E-state index is 0.143. The molecule has 3 N–H and O–H groups in total. The minimum atomic E-state index is -1.94. The highest BCUT2D eigenvalue weighted by Gasteiger charge is 2.33. The lowest BCUT2D eigenvalue weighted by molar-refractivity contribution is -0.155. The van der Waals surface area contributed by atoms with E-state index >= 15 is 0 Å². The third-order valence-corrected chi connectivity index (χ3v) is 3.26. The summed E-state index contributed by atoms with van der Waals surface area (Å²) < 4.78 is 0. The molecule has 7 nitrogen and oxygen atoms in total. The van der Waals surface area contributed by atoms with Crippen molar-refractivity contribution < 1.29 is 19.8 Å². The average Bonchev–Trinajstić information content (AvgIpc) is 2.73. The maximum Gasteiger partial charge on any atom is 0.337 e. The zero-order valence-corrected chi connectivity index (χ0v) is 11.7. The Morgan fingerprint density at radius 3 is 2.63 bits per heavy atom. The molecule has 1 aliphatic rings. The van der Waals surface area contributed by atoms with Crippen molar-refractivity contribution in [3.05, 3.63) is 0 Å². The number of carbonyl (C=O) groups excluding carboxylic acids is 1. The Bertz CT molecular complexity index is 344. The highest BCUT2D eigenvalue weighted by Crippen LogP contribution is 2.17. The molecule has 110 valence electrons. The van der Waals surface area contributed by atoms with E-state index in [1.807, 2.05) is 19.0 Å². The van der Waals surface area contributed by atoms with Crippen molar-refractivity contribution in [2.75, 3.05) is 33.7 Å². The van der Waals surface area contributed by atoms with Gasteiger partial charge in [0.15, 0.2) is 5.60 Å². The molecule has 0 aliphatic carbocycles. The number of hydrogen-bond acceptors (Lipinski definition) is 4. The monoisotopic (exact) mass is 273 g/mol. The topological polar surface area (TPSA) is 93.1 Å². The van der Waals surface area contributed by atoms with E-state index in [1.54, 1.807) is 4.90 Å². The van der Waals surface area contributed by atoms with Gasteiger partial charge in [0.05, 0.1) is 6.54 Å². The van der Waals surface area contributed by atoms with Crippen LogP contribution in [-0.4, -0.2) is 77.4 Å². The molecule has 1 heterocycles. The summed E-state index contributed by atoms with van der Waals surface area (Å²) >= 11 is 0. The third-order valence-electron chi connectivity index (χ3n) is 3.26. The molecule has 7 heteroatoms. The number of aliphatic carboxylic acids is 1. The maximum absolute atomic E-state index is 12.0. The van der Waals surface area contributed by atoms with Crippen LogP contribution in [0, 0.1) is 0 Å². The first-order chi connectivity index (χ1) is 8.74. The van der Waals surface area contributed by atoms with Gasteiger partial charge in [0, 0.05) is 19.1 Å². The third kappa shape index (κ3) is 4.36. The fourth-order valence-electron chi connectivity index (χ4n) is 2.14. The first-order valence-corrected chi connectivity index (χ1v) is 6.39. The largest absolute Gasteiger partial charge is 0.479 e. The lowest BCUT2D eigenvalue weighted by Crippen LogP contribution is -2.52. The maximum atomic E-state index is 12.0. The van der Waals surface area contributed by atoms with E-state index in [1.165, 1.54) is 0 Å². The molecular weight excluding hydrogens is 250 g/mol. The molecule has 2 unspecified atom stereocenters. The minimum Gasteiger partial charge on any atom is -0.479 e. The number of carboxylic acid groups (broad SMARTS) is 1. The standard InChI is InChI=1S/C12H23N3O4/c1-12(19,10(16)17)8-13-11(18)15-6-4-5-9(15)7-14(2)3/h9,19H,4-8H2,1-3H3,(H,13,18)(H,16,17). The van der Waals surface area contributed by atoms with Gasteiger partial charge in [-0.15, -0.1) is 0 Å². The molecule has 0 bridgehead atoms. The van der Waals surface area contributed by atoms with E-state index in [0.29, 0.717) is 6.54 Å². The molecule has 1 aliphatic heterocycles. The number of hydrogen-bond donors (Lipinski definition) is 3. The van der Waals surface area contributed by atoms with E-state index in [4.69, 9.17) is 5.11 Å². The number of rotatable bonds is 5. The lowest BCUT2D eigenvalue weighted by Gasteiger charge is -2.28. The Hall–Kier alpha value is -1.34. The van der Waals surface area contributed by atoms with Crippen molar-refractivity contribution >= 4 is 12.0 Å². The summed E-state index contributed by atoms with van der Waals surface area (Å²) in [7, 11) is 3.90. The highest BCUT2D eigenvalue weighted by molar-refractivity contribution is 5.79. The fraction of sp³-hybridized carbons (Fsp3) is 0.833. The normalized spacial score (nSPS) is 22.4. The van der Waals surface area contributed by atoms with Crippen molar-refractivity contribution in [2.24, 2.45) is 0 Å². The molecule has 0 aromatic rings. The Kier molecular flexibility index (Phi) is 5.13. The van der Waals surface area contributed by atoms with Crippen molar-refractivity contribution in [1.29, 1.82) is 0 Å². The molecular formula is C12H23N3O4. The van der Waals surface area contributed by atoms with Crippen molar-refractivity contribution in [3.8, 4) is 0 Å². The van der Waals surface area contributed by atoms with E-state index in [0.717, 1.165) is 26.3 Å². The summed E-state index contributed by atoms with van der Waals surface area (Å²) in [5, 5.41) is 20.8. The van der Waals surface area contributed by atoms with Gasteiger partial charge in [-0.3, -0.25) is 0 Å². The first-order valence-electron chi connectivity index (χ1n) is 6.39. The van der Waals surface area contributed by atoms with Gasteiger partial charge in [-0.1, -0.05) is 0 Å². The second kappa shape index (κ2) is 6.21. The molecule has 1 rings (SSSR count). The van der Waals surface area contributed by atoms with Crippen LogP contribution in [-0.2, 0) is 4.79 Å². The van der Waals surface area contributed by atoms with Crippen molar-refractivity contribution in [3.63, 3.8) is 0 Å². The Balaban J connectivity index is 2.51. The van der Waals surface area contributed by atoms with Gasteiger partial charge in [0.2, 0.25) is 0 Å². The summed E-state index contributed by atoms with van der Waals surface area (Å²) in [6, 6.07) is -0.171. The molecule has 0 radical (unpaired) electrons. The lowest BCUT2D eigenvalue weighted by atomic mass is 10.1. The van der Waals surface area contributed by atoms with Gasteiger partial charge < -0.3 is 25.3 Å². The summed E-state index contributed by atoms with van der Waals surface area (Å²) in [5.74, 6) is -1.35. The summed E-state index contributed by atoms with van der Waals surface area (Å²) in [4.78, 5) is 26.5. The average molecular weight is 273 g/mol. The quantitative estimate of drug-likeness (QED) is 0.631. The zero-order chi connectivity index (χ0) is 14.6. The Morgan fingerprint density at radius 2 is 2.11 bits per heavy atom. The number of amides is 2. The van der Waals surface area contributed by atoms with E-state index in [2.05, 4.69) is 5.32 Å². The molecule has 0 aromatic carbocycles. The van der Waals surface area contributed by atoms with Gasteiger partial charge in [0.25, 0.3) is 0 Å². The predicted molar refractivity (Wildman–Crippen MR) is 69.9 cm³/mol. The SMILES string of the molecule is CN(C)CC1CCCN1C(=O)NCC(C)(O)C(=O)O. The molecule has 0 spiro atoms. The van der Waals surface area contributed by atoms with Crippen LogP contribution in [0.2, 0.25) is 0 Å². The number of aliphatic hydroxyl groups is 1. The molecule has 19 heavy (non-hydrogen) atoms. The number of urea groups is 1. The number of likely N-dealkylation sites (N-methyl/N-ethyl adjacent to an activating group) is 1. The summed E-state index contributed by atoms with van der Waals surface area (Å²) in [6.07, 6.45) is 1.89. The van der Waals surface area contributed by atoms with Crippen LogP contribution in [0.1, 0.15) is 19.8 Å². The smallest absolute Gasteiger partial charge is 0.337 e. The predicted octanol–water partition coefficient (Wildman–Crippen LogP) is -0.442. The zero-order valence-electron chi connectivity index (χ0n) is 11.7. The van der Waals surface area contributed by atoms with Crippen LogP contribution in [0.3, 0.4) is 0 Å². The van der Waals surface area contributed by atoms with Gasteiger partial charge >= 0.3 is 12.0 Å². The second-order valence-electron chi connectivity index (χ2n) is 5.49. The van der Waals surface area contributed by atoms with E-state index in [-0.39, 0.29) is 18.6 Å². The molecule has 1 saturated heterocycles. The summed E-state index contributed by atoms with van der Waals surface area (Å²) in [6.45, 7) is 2.31. The van der Waals surface area contributed by atoms with Gasteiger partial charge in [-0.25, -0.2) is 9.59 Å². The van der Waals surface area contributed by atoms with Crippen LogP contribution in [0.15, 0.2) is 0 Å². The number of carboxylic acids is 1. The van der Waals surface area contributed by atoms with Gasteiger partial charge in [0.1, 0.15) is 0 Å². The van der Waals surface area contributed by atoms with E-state index in [9.17, 15) is 14.7 Å². The number of nitrogens with one attached hydrogen (secondary N) is 1. The Morgan fingerprint density at radius 1 is 1.47 bits per heavy atom. The van der Waals surface area contributed by atoms with Crippen LogP contribution >= 0.6 is 0 Å². The molecule has 2 atom stereocenters. The van der Waals surface area contributed by atoms with Gasteiger partial charge in [-0.2, -0.15) is 0 Å². The molecule has 0 aromatic heterocycles. The number of likely N-dealkylation sites (tertiary alicyclic amines) is 1. The first kappa shape index (κ1) is 15.7. The van der Waals surface area contributed by atoms with Gasteiger partial charge in [-0.05, 0) is 33.9 Å². The molecule has 2 amide bonds. The van der Waals surface area contributed by atoms with Crippen molar-refractivity contribution in [1.82, 2.24) is 15.1 Å². The highest BCUT2D eigenvalue weighted by atomic mass is 16.4. The second-order valence-corrected chi connectivity index (χ2v) is 5.49. The van der Waals surface area contributed by atoms with Crippen LogP contribution in [0.4, 0.5) is 4.79 Å². The molecule has 0 saturated carbocycles.